The van der Waals surface area contributed by atoms with Crippen molar-refractivity contribution in [1.82, 2.24) is 14.9 Å². The van der Waals surface area contributed by atoms with Gasteiger partial charge in [0.25, 0.3) is 5.56 Å². The second kappa shape index (κ2) is 8.94. The number of amides is 1. The quantitative estimate of drug-likeness (QED) is 0.439. The van der Waals surface area contributed by atoms with Gasteiger partial charge >= 0.3 is 0 Å². The highest BCUT2D eigenvalue weighted by Crippen LogP contribution is 2.22. The number of hydrogen-bond donors (Lipinski definition) is 1. The van der Waals surface area contributed by atoms with Crippen LogP contribution in [0.1, 0.15) is 26.5 Å². The summed E-state index contributed by atoms with van der Waals surface area (Å²) in [7, 11) is 0. The summed E-state index contributed by atoms with van der Waals surface area (Å²) < 4.78 is 6.85. The van der Waals surface area contributed by atoms with Crippen molar-refractivity contribution in [2.45, 2.75) is 38.0 Å². The molecule has 156 valence electrons. The molecular weight excluding hydrogens is 424 g/mol. The standard InChI is InChI=1S/C21H21ClN4O3S/c1-13(2)21(3,12-23)25-18(27)11-30-20-24-17-9-14(22)6-7-16(17)19(28)26(20)10-15-5-4-8-29-15/h4-9,13H,10-11H2,1-3H3,(H,25,27)/t21-/m1/s1. The summed E-state index contributed by atoms with van der Waals surface area (Å²) in [6.07, 6.45) is 1.53. The first kappa shape index (κ1) is 21.9. The number of benzene rings is 1. The molecule has 0 unspecified atom stereocenters. The number of hydrogen-bond acceptors (Lipinski definition) is 6. The summed E-state index contributed by atoms with van der Waals surface area (Å²) in [6, 6.07) is 10.5. The monoisotopic (exact) mass is 444 g/mol. The molecule has 2 heterocycles. The summed E-state index contributed by atoms with van der Waals surface area (Å²) in [4.78, 5) is 30.1. The summed E-state index contributed by atoms with van der Waals surface area (Å²) in [5.41, 5.74) is -0.773. The zero-order chi connectivity index (χ0) is 21.9. The van der Waals surface area contributed by atoms with E-state index < -0.39 is 5.54 Å². The number of halogens is 1. The number of thioether (sulfide) groups is 1. The summed E-state index contributed by atoms with van der Waals surface area (Å²) in [5, 5.41) is 13.4. The minimum absolute atomic E-state index is 0.000652. The number of fused-ring (bicyclic) bond motifs is 1. The van der Waals surface area contributed by atoms with Gasteiger partial charge in [0, 0.05) is 5.02 Å². The number of aromatic nitrogens is 2. The van der Waals surface area contributed by atoms with Gasteiger partial charge in [0.05, 0.1) is 35.5 Å². The summed E-state index contributed by atoms with van der Waals surface area (Å²) in [6.45, 7) is 5.60. The van der Waals surface area contributed by atoms with Crippen LogP contribution >= 0.6 is 23.4 Å². The number of nitrogens with one attached hydrogen (secondary N) is 1. The molecular formula is C21H21ClN4O3S. The molecule has 0 aliphatic heterocycles. The second-order valence-electron chi connectivity index (χ2n) is 7.33. The number of carbonyl (C=O) groups excluding carboxylic acids is 1. The Kier molecular flexibility index (Phi) is 6.54. The van der Waals surface area contributed by atoms with Gasteiger partial charge in [-0.3, -0.25) is 14.2 Å². The van der Waals surface area contributed by atoms with Crippen molar-refractivity contribution in [3.63, 3.8) is 0 Å². The molecule has 0 aliphatic rings. The van der Waals surface area contributed by atoms with E-state index in [1.165, 1.54) is 10.8 Å². The Bertz CT molecular complexity index is 1170. The minimum Gasteiger partial charge on any atom is -0.467 e. The van der Waals surface area contributed by atoms with E-state index in [0.717, 1.165) is 11.8 Å². The van der Waals surface area contributed by atoms with Crippen molar-refractivity contribution < 1.29 is 9.21 Å². The maximum atomic E-state index is 13.1. The molecule has 1 amide bonds. The fraction of sp³-hybridized carbons (Fsp3) is 0.333. The molecule has 0 aliphatic carbocycles. The lowest BCUT2D eigenvalue weighted by Gasteiger charge is -2.27. The lowest BCUT2D eigenvalue weighted by Crippen LogP contribution is -2.49. The van der Waals surface area contributed by atoms with Gasteiger partial charge in [-0.25, -0.2) is 4.98 Å². The third kappa shape index (κ3) is 4.69. The third-order valence-electron chi connectivity index (χ3n) is 4.89. The number of nitrogens with zero attached hydrogens (tertiary/aromatic N) is 3. The largest absolute Gasteiger partial charge is 0.467 e. The molecule has 0 saturated heterocycles. The van der Waals surface area contributed by atoms with Crippen LogP contribution in [0.2, 0.25) is 5.02 Å². The second-order valence-corrected chi connectivity index (χ2v) is 8.71. The number of carbonyl (C=O) groups is 1. The Morgan fingerprint density at radius 1 is 1.43 bits per heavy atom. The van der Waals surface area contributed by atoms with Crippen LogP contribution in [0.25, 0.3) is 10.9 Å². The van der Waals surface area contributed by atoms with Crippen molar-refractivity contribution in [2.75, 3.05) is 5.75 Å². The first-order chi connectivity index (χ1) is 14.2. The molecule has 0 bridgehead atoms. The van der Waals surface area contributed by atoms with Crippen molar-refractivity contribution in [3.8, 4) is 6.07 Å². The van der Waals surface area contributed by atoms with E-state index in [1.807, 2.05) is 13.8 Å². The van der Waals surface area contributed by atoms with E-state index in [-0.39, 0.29) is 29.7 Å². The molecule has 0 fully saturated rings. The topological polar surface area (TPSA) is 101 Å². The molecule has 0 spiro atoms. The third-order valence-corrected chi connectivity index (χ3v) is 6.11. The molecule has 2 aromatic heterocycles. The van der Waals surface area contributed by atoms with E-state index in [9.17, 15) is 14.9 Å². The predicted molar refractivity (Wildman–Crippen MR) is 117 cm³/mol. The van der Waals surface area contributed by atoms with Crippen molar-refractivity contribution in [1.29, 1.82) is 5.26 Å². The highest BCUT2D eigenvalue weighted by Gasteiger charge is 2.30. The van der Waals surface area contributed by atoms with Crippen LogP contribution in [0.15, 0.2) is 51.0 Å². The smallest absolute Gasteiger partial charge is 0.262 e. The Morgan fingerprint density at radius 3 is 2.83 bits per heavy atom. The first-order valence-corrected chi connectivity index (χ1v) is 10.7. The van der Waals surface area contributed by atoms with E-state index in [1.54, 1.807) is 37.3 Å². The van der Waals surface area contributed by atoms with E-state index in [0.29, 0.717) is 26.8 Å². The van der Waals surface area contributed by atoms with Crippen LogP contribution in [-0.2, 0) is 11.3 Å². The molecule has 1 atom stereocenters. The molecule has 9 heteroatoms. The zero-order valence-corrected chi connectivity index (χ0v) is 18.4. The Hall–Kier alpha value is -2.76. The normalized spacial score (nSPS) is 13.2. The fourth-order valence-corrected chi connectivity index (χ4v) is 3.70. The molecule has 7 nitrogen and oxygen atoms in total. The summed E-state index contributed by atoms with van der Waals surface area (Å²) >= 11 is 7.18. The lowest BCUT2D eigenvalue weighted by atomic mass is 9.90. The maximum absolute atomic E-state index is 13.1. The zero-order valence-electron chi connectivity index (χ0n) is 16.8. The maximum Gasteiger partial charge on any atom is 0.262 e. The van der Waals surface area contributed by atoms with Crippen LogP contribution < -0.4 is 10.9 Å². The van der Waals surface area contributed by atoms with Gasteiger partial charge in [-0.1, -0.05) is 37.2 Å². The molecule has 0 saturated carbocycles. The van der Waals surface area contributed by atoms with Crippen LogP contribution in [-0.4, -0.2) is 26.8 Å². The highest BCUT2D eigenvalue weighted by atomic mass is 35.5. The SMILES string of the molecule is CC(C)[C@@](C)(C#N)NC(=O)CSc1nc2cc(Cl)ccc2c(=O)n1Cc1ccco1. The average Bonchev–Trinajstić information content (AvgIpc) is 3.21. The van der Waals surface area contributed by atoms with Gasteiger partial charge in [0.2, 0.25) is 5.91 Å². The minimum atomic E-state index is -0.976. The molecule has 3 rings (SSSR count). The fourth-order valence-electron chi connectivity index (χ4n) is 2.74. The van der Waals surface area contributed by atoms with Gasteiger partial charge in [0.1, 0.15) is 11.3 Å². The van der Waals surface area contributed by atoms with Gasteiger partial charge in [-0.05, 0) is 43.2 Å². The number of nitriles is 1. The van der Waals surface area contributed by atoms with Crippen molar-refractivity contribution >= 4 is 40.2 Å². The molecule has 1 N–H and O–H groups in total. The van der Waals surface area contributed by atoms with Crippen molar-refractivity contribution in [3.05, 3.63) is 57.7 Å². The number of furan rings is 1. The molecule has 1 aromatic carbocycles. The Balaban J connectivity index is 1.92. The highest BCUT2D eigenvalue weighted by molar-refractivity contribution is 7.99. The van der Waals surface area contributed by atoms with E-state index >= 15 is 0 Å². The predicted octanol–water partition coefficient (Wildman–Crippen LogP) is 3.84. The number of rotatable bonds is 7. The average molecular weight is 445 g/mol. The van der Waals surface area contributed by atoms with Crippen molar-refractivity contribution in [2.24, 2.45) is 5.92 Å². The first-order valence-electron chi connectivity index (χ1n) is 9.31. The van der Waals surface area contributed by atoms with Gasteiger partial charge in [0.15, 0.2) is 5.16 Å². The Labute approximate surface area is 183 Å². The van der Waals surface area contributed by atoms with Gasteiger partial charge in [-0.15, -0.1) is 0 Å². The van der Waals surface area contributed by atoms with Crippen LogP contribution in [0.3, 0.4) is 0 Å². The summed E-state index contributed by atoms with van der Waals surface area (Å²) in [5.74, 6) is 0.216. The lowest BCUT2D eigenvalue weighted by molar-refractivity contribution is -0.120. The van der Waals surface area contributed by atoms with Crippen LogP contribution in [0.4, 0.5) is 0 Å². The van der Waals surface area contributed by atoms with Crippen LogP contribution in [0.5, 0.6) is 0 Å². The molecule has 30 heavy (non-hydrogen) atoms. The molecule has 3 aromatic rings. The van der Waals surface area contributed by atoms with E-state index in [4.69, 9.17) is 16.0 Å². The Morgan fingerprint density at radius 2 is 2.20 bits per heavy atom. The van der Waals surface area contributed by atoms with Gasteiger partial charge in [-0.2, -0.15) is 5.26 Å². The van der Waals surface area contributed by atoms with Gasteiger partial charge < -0.3 is 9.73 Å². The van der Waals surface area contributed by atoms with Crippen LogP contribution in [0, 0.1) is 17.2 Å². The van der Waals surface area contributed by atoms with E-state index in [2.05, 4.69) is 16.4 Å². The molecule has 0 radical (unpaired) electrons.